The molecule has 0 unspecified atom stereocenters. The molecule has 0 saturated carbocycles. The summed E-state index contributed by atoms with van der Waals surface area (Å²) in [6, 6.07) is 11.0. The average Bonchev–Trinajstić information content (AvgIpc) is 2.71. The second-order valence-electron chi connectivity index (χ2n) is 2.14. The standard InChI is InChI=1S/C8H7O.Li/c1-2-4-7(5-3-1)8-6-9-8;/h1-4,8H,6H2;/q-1;+1/t8-;/m0./s1. The van der Waals surface area contributed by atoms with E-state index in [0.717, 1.165) is 6.61 Å². The predicted octanol–water partition coefficient (Wildman–Crippen LogP) is -1.44. The van der Waals surface area contributed by atoms with Crippen LogP contribution in [0, 0.1) is 6.07 Å². The Morgan fingerprint density at radius 3 is 2.80 bits per heavy atom. The van der Waals surface area contributed by atoms with Crippen LogP contribution in [0.4, 0.5) is 0 Å². The Labute approximate surface area is 72.6 Å². The van der Waals surface area contributed by atoms with Crippen LogP contribution in [0.25, 0.3) is 0 Å². The predicted molar refractivity (Wildman–Crippen MR) is 34.0 cm³/mol. The molecule has 0 aliphatic carbocycles. The van der Waals surface area contributed by atoms with E-state index >= 15 is 0 Å². The summed E-state index contributed by atoms with van der Waals surface area (Å²) >= 11 is 0. The van der Waals surface area contributed by atoms with E-state index in [4.69, 9.17) is 4.74 Å². The molecular formula is C8H7LiO. The first-order chi connectivity index (χ1) is 4.47. The van der Waals surface area contributed by atoms with E-state index in [1.807, 2.05) is 24.3 Å². The summed E-state index contributed by atoms with van der Waals surface area (Å²) in [5, 5.41) is 0. The molecule has 1 atom stereocenters. The molecule has 0 aromatic heterocycles. The number of epoxide rings is 1. The van der Waals surface area contributed by atoms with E-state index in [2.05, 4.69) is 6.07 Å². The van der Waals surface area contributed by atoms with Gasteiger partial charge < -0.3 is 4.74 Å². The van der Waals surface area contributed by atoms with E-state index in [0.29, 0.717) is 6.10 Å². The molecule has 1 aromatic carbocycles. The van der Waals surface area contributed by atoms with Crippen molar-refractivity contribution in [3.63, 3.8) is 0 Å². The van der Waals surface area contributed by atoms with Crippen molar-refractivity contribution >= 4 is 0 Å². The molecule has 1 saturated heterocycles. The maximum absolute atomic E-state index is 5.06. The van der Waals surface area contributed by atoms with Gasteiger partial charge in [0, 0.05) is 0 Å². The van der Waals surface area contributed by atoms with E-state index in [1.54, 1.807) is 0 Å². The summed E-state index contributed by atoms with van der Waals surface area (Å²) in [5.74, 6) is 0. The number of rotatable bonds is 1. The van der Waals surface area contributed by atoms with Gasteiger partial charge in [0.25, 0.3) is 0 Å². The summed E-state index contributed by atoms with van der Waals surface area (Å²) in [4.78, 5) is 0. The molecule has 0 spiro atoms. The van der Waals surface area contributed by atoms with Crippen LogP contribution in [0.1, 0.15) is 11.7 Å². The molecule has 1 aromatic rings. The number of hydrogen-bond acceptors (Lipinski definition) is 1. The van der Waals surface area contributed by atoms with Crippen molar-refractivity contribution < 1.29 is 23.6 Å². The van der Waals surface area contributed by atoms with Crippen LogP contribution in [0.2, 0.25) is 0 Å². The molecule has 2 rings (SSSR count). The van der Waals surface area contributed by atoms with Gasteiger partial charge >= 0.3 is 18.9 Å². The van der Waals surface area contributed by atoms with E-state index in [1.165, 1.54) is 5.56 Å². The van der Waals surface area contributed by atoms with Crippen molar-refractivity contribution in [2.75, 3.05) is 6.61 Å². The molecule has 0 radical (unpaired) electrons. The summed E-state index contributed by atoms with van der Waals surface area (Å²) in [5.41, 5.74) is 1.18. The third kappa shape index (κ3) is 1.64. The second kappa shape index (κ2) is 3.25. The van der Waals surface area contributed by atoms with Crippen molar-refractivity contribution in [1.29, 1.82) is 0 Å². The fourth-order valence-corrected chi connectivity index (χ4v) is 0.835. The topological polar surface area (TPSA) is 12.5 Å². The van der Waals surface area contributed by atoms with Crippen LogP contribution in [0.15, 0.2) is 24.3 Å². The van der Waals surface area contributed by atoms with Crippen molar-refractivity contribution in [1.82, 2.24) is 0 Å². The van der Waals surface area contributed by atoms with Gasteiger partial charge in [-0.1, -0.05) is 0 Å². The zero-order valence-corrected chi connectivity index (χ0v) is 6.00. The molecule has 1 aliphatic heterocycles. The Morgan fingerprint density at radius 2 is 2.30 bits per heavy atom. The van der Waals surface area contributed by atoms with E-state index < -0.39 is 0 Å². The Bertz CT molecular complexity index is 194. The van der Waals surface area contributed by atoms with Crippen LogP contribution in [0.5, 0.6) is 0 Å². The fraction of sp³-hybridized carbons (Fsp3) is 0.250. The molecule has 1 aliphatic rings. The molecule has 0 N–H and O–H groups in total. The van der Waals surface area contributed by atoms with Crippen LogP contribution in [-0.2, 0) is 4.74 Å². The van der Waals surface area contributed by atoms with Crippen LogP contribution < -0.4 is 18.9 Å². The molecule has 0 bridgehead atoms. The van der Waals surface area contributed by atoms with Gasteiger partial charge in [0.15, 0.2) is 0 Å². The van der Waals surface area contributed by atoms with Crippen LogP contribution in [0.3, 0.4) is 0 Å². The Morgan fingerprint density at radius 1 is 1.50 bits per heavy atom. The van der Waals surface area contributed by atoms with Gasteiger partial charge in [-0.05, 0) is 0 Å². The largest absolute Gasteiger partial charge is 1.00 e. The number of hydrogen-bond donors (Lipinski definition) is 0. The maximum Gasteiger partial charge on any atom is 1.00 e. The summed E-state index contributed by atoms with van der Waals surface area (Å²) in [6.45, 7) is 0.876. The Kier molecular flexibility index (Phi) is 2.56. The minimum Gasteiger partial charge on any atom is -0.370 e. The van der Waals surface area contributed by atoms with Gasteiger partial charge in [0.05, 0.1) is 12.7 Å². The zero-order chi connectivity index (χ0) is 6.10. The second-order valence-corrected chi connectivity index (χ2v) is 2.14. The molecular weight excluding hydrogens is 119 g/mol. The maximum atomic E-state index is 5.06. The van der Waals surface area contributed by atoms with Crippen LogP contribution >= 0.6 is 0 Å². The molecule has 10 heavy (non-hydrogen) atoms. The first-order valence-electron chi connectivity index (χ1n) is 3.05. The van der Waals surface area contributed by atoms with Crippen molar-refractivity contribution in [3.05, 3.63) is 35.9 Å². The van der Waals surface area contributed by atoms with Gasteiger partial charge in [0.2, 0.25) is 0 Å². The third-order valence-corrected chi connectivity index (χ3v) is 1.41. The molecule has 0 amide bonds. The smallest absolute Gasteiger partial charge is 0.370 e. The molecule has 1 fully saturated rings. The fourth-order valence-electron chi connectivity index (χ4n) is 0.835. The molecule has 1 nitrogen and oxygen atoms in total. The molecule has 2 heteroatoms. The molecule has 1 heterocycles. The zero-order valence-electron chi connectivity index (χ0n) is 6.00. The SMILES string of the molecule is [Li+].[c-]1ccccc1[C@@H]1CO1. The van der Waals surface area contributed by atoms with Crippen molar-refractivity contribution in [3.8, 4) is 0 Å². The number of ether oxygens (including phenoxy) is 1. The van der Waals surface area contributed by atoms with Gasteiger partial charge in [0.1, 0.15) is 0 Å². The first kappa shape index (κ1) is 7.88. The average molecular weight is 126 g/mol. The Balaban J connectivity index is 0.000000500. The van der Waals surface area contributed by atoms with E-state index in [-0.39, 0.29) is 18.9 Å². The van der Waals surface area contributed by atoms with Crippen molar-refractivity contribution in [2.24, 2.45) is 0 Å². The first-order valence-corrected chi connectivity index (χ1v) is 3.05. The summed E-state index contributed by atoms with van der Waals surface area (Å²) in [6.07, 6.45) is 0.353. The quantitative estimate of drug-likeness (QED) is 0.255. The summed E-state index contributed by atoms with van der Waals surface area (Å²) in [7, 11) is 0. The van der Waals surface area contributed by atoms with E-state index in [9.17, 15) is 0 Å². The summed E-state index contributed by atoms with van der Waals surface area (Å²) < 4.78 is 5.06. The van der Waals surface area contributed by atoms with Gasteiger partial charge in [-0.25, -0.2) is 0 Å². The van der Waals surface area contributed by atoms with Crippen molar-refractivity contribution in [2.45, 2.75) is 6.10 Å². The van der Waals surface area contributed by atoms with Crippen LogP contribution in [-0.4, -0.2) is 6.61 Å². The van der Waals surface area contributed by atoms with Gasteiger partial charge in [-0.2, -0.15) is 30.3 Å². The molecule has 46 valence electrons. The minimum atomic E-state index is 0. The normalized spacial score (nSPS) is 21.4. The minimum absolute atomic E-state index is 0. The number of benzene rings is 1. The van der Waals surface area contributed by atoms with Gasteiger partial charge in [-0.15, -0.1) is 5.56 Å². The monoisotopic (exact) mass is 126 g/mol. The van der Waals surface area contributed by atoms with Gasteiger partial charge in [-0.3, -0.25) is 0 Å². The third-order valence-electron chi connectivity index (χ3n) is 1.41. The Hall–Kier alpha value is -0.223.